The molecule has 1 amide bonds. The van der Waals surface area contributed by atoms with Gasteiger partial charge >= 0.3 is 0 Å². The Balaban J connectivity index is 0.000000454. The molecule has 0 unspecified atom stereocenters. The number of nitrogens with zero attached hydrogens (tertiary/aromatic N) is 1. The van der Waals surface area contributed by atoms with Crippen LogP contribution in [0.4, 0.5) is 5.69 Å². The van der Waals surface area contributed by atoms with Gasteiger partial charge in [-0.05, 0) is 17.7 Å². The van der Waals surface area contributed by atoms with Crippen molar-refractivity contribution < 1.29 is 9.59 Å². The van der Waals surface area contributed by atoms with Gasteiger partial charge in [0.1, 0.15) is 10.7 Å². The van der Waals surface area contributed by atoms with Crippen LogP contribution >= 0.6 is 11.3 Å². The van der Waals surface area contributed by atoms with Crippen molar-refractivity contribution in [1.29, 1.82) is 0 Å². The standard InChI is InChI=1S/C15H19N3OS.C3H4O/c1-15(2,3)14-17-9-12(20-14)13(19)18-11-6-4-10(8-16)5-7-11;4-3-1-2-3/h4-7,9H,8,16H2,1-3H3,(H,18,19);1-2H2. The van der Waals surface area contributed by atoms with Crippen molar-refractivity contribution in [2.75, 3.05) is 5.32 Å². The fraction of sp³-hybridized carbons (Fsp3) is 0.389. The average molecular weight is 345 g/mol. The number of hydrogen-bond donors (Lipinski definition) is 2. The second-order valence-corrected chi connectivity index (χ2v) is 7.70. The van der Waals surface area contributed by atoms with E-state index in [9.17, 15) is 9.59 Å². The summed E-state index contributed by atoms with van der Waals surface area (Å²) >= 11 is 1.43. The molecule has 1 aromatic heterocycles. The lowest BCUT2D eigenvalue weighted by atomic mass is 9.98. The molecule has 0 saturated heterocycles. The van der Waals surface area contributed by atoms with Crippen LogP contribution in [0.3, 0.4) is 0 Å². The molecule has 0 radical (unpaired) electrons. The molecule has 1 saturated carbocycles. The van der Waals surface area contributed by atoms with E-state index < -0.39 is 0 Å². The molecule has 0 aliphatic heterocycles. The molecule has 3 N–H and O–H groups in total. The molecule has 2 aromatic rings. The summed E-state index contributed by atoms with van der Waals surface area (Å²) in [4.78, 5) is 26.6. The highest BCUT2D eigenvalue weighted by Crippen LogP contribution is 2.27. The van der Waals surface area contributed by atoms with Gasteiger partial charge in [-0.2, -0.15) is 0 Å². The number of nitrogens with one attached hydrogen (secondary N) is 1. The lowest BCUT2D eigenvalue weighted by Gasteiger charge is -2.13. The molecule has 0 atom stereocenters. The van der Waals surface area contributed by atoms with E-state index in [1.54, 1.807) is 6.20 Å². The number of ketones is 1. The minimum Gasteiger partial charge on any atom is -0.326 e. The molecular formula is C18H23N3O2S. The zero-order valence-electron chi connectivity index (χ0n) is 14.3. The molecule has 1 aromatic carbocycles. The fourth-order valence-electron chi connectivity index (χ4n) is 1.69. The summed E-state index contributed by atoms with van der Waals surface area (Å²) in [6.45, 7) is 6.75. The minimum absolute atomic E-state index is 0.0357. The fourth-order valence-corrected chi connectivity index (χ4v) is 2.56. The largest absolute Gasteiger partial charge is 0.326 e. The second-order valence-electron chi connectivity index (χ2n) is 6.67. The van der Waals surface area contributed by atoms with Gasteiger partial charge in [0, 0.05) is 30.5 Å². The molecule has 1 aliphatic carbocycles. The van der Waals surface area contributed by atoms with E-state index in [1.165, 1.54) is 11.3 Å². The number of thiazole rings is 1. The van der Waals surface area contributed by atoms with Crippen LogP contribution in [0.5, 0.6) is 0 Å². The van der Waals surface area contributed by atoms with Crippen LogP contribution in [0.15, 0.2) is 30.5 Å². The molecule has 24 heavy (non-hydrogen) atoms. The van der Waals surface area contributed by atoms with Crippen LogP contribution < -0.4 is 11.1 Å². The normalized spacial score (nSPS) is 13.1. The van der Waals surface area contributed by atoms with Crippen molar-refractivity contribution in [2.45, 2.75) is 45.6 Å². The minimum atomic E-state index is -0.126. The number of amides is 1. The number of anilines is 1. The van der Waals surface area contributed by atoms with Gasteiger partial charge in [-0.3, -0.25) is 9.59 Å². The first-order valence-electron chi connectivity index (χ1n) is 7.88. The Morgan fingerprint density at radius 3 is 2.25 bits per heavy atom. The van der Waals surface area contributed by atoms with Gasteiger partial charge < -0.3 is 11.1 Å². The summed E-state index contributed by atoms with van der Waals surface area (Å²) in [6.07, 6.45) is 3.33. The van der Waals surface area contributed by atoms with Crippen LogP contribution in [0.25, 0.3) is 0 Å². The van der Waals surface area contributed by atoms with E-state index in [2.05, 4.69) is 31.1 Å². The summed E-state index contributed by atoms with van der Waals surface area (Å²) in [6, 6.07) is 7.52. The quantitative estimate of drug-likeness (QED) is 0.891. The third-order valence-electron chi connectivity index (χ3n) is 3.27. The molecule has 5 nitrogen and oxygen atoms in total. The van der Waals surface area contributed by atoms with Crippen LogP contribution in [-0.4, -0.2) is 16.7 Å². The van der Waals surface area contributed by atoms with E-state index in [4.69, 9.17) is 5.73 Å². The smallest absolute Gasteiger partial charge is 0.267 e. The number of benzene rings is 1. The highest BCUT2D eigenvalue weighted by molar-refractivity contribution is 7.13. The monoisotopic (exact) mass is 345 g/mol. The Hall–Kier alpha value is -2.05. The Kier molecular flexibility index (Phi) is 5.85. The number of aromatic nitrogens is 1. The third-order valence-corrected chi connectivity index (χ3v) is 4.69. The number of carbonyl (C=O) groups excluding carboxylic acids is 2. The summed E-state index contributed by atoms with van der Waals surface area (Å²) < 4.78 is 0. The average Bonchev–Trinajstić information content (AvgIpc) is 3.15. The van der Waals surface area contributed by atoms with Crippen molar-refractivity contribution in [1.82, 2.24) is 4.98 Å². The first-order valence-corrected chi connectivity index (χ1v) is 8.69. The first kappa shape index (κ1) is 18.3. The number of Topliss-reactive ketones (excluding diaryl/α,β-unsaturated/α-hetero) is 1. The van der Waals surface area contributed by atoms with Gasteiger partial charge in [0.2, 0.25) is 0 Å². The van der Waals surface area contributed by atoms with Crippen molar-refractivity contribution in [3.63, 3.8) is 0 Å². The Bertz CT molecular complexity index is 709. The van der Waals surface area contributed by atoms with Gasteiger partial charge in [0.25, 0.3) is 5.91 Å². The Morgan fingerprint density at radius 1 is 1.25 bits per heavy atom. The number of hydrogen-bond acceptors (Lipinski definition) is 5. The number of carbonyl (C=O) groups is 2. The first-order chi connectivity index (χ1) is 11.3. The second kappa shape index (κ2) is 7.68. The van der Waals surface area contributed by atoms with Gasteiger partial charge in [0.05, 0.1) is 11.2 Å². The molecule has 0 bridgehead atoms. The van der Waals surface area contributed by atoms with Gasteiger partial charge in [-0.25, -0.2) is 4.98 Å². The molecule has 1 fully saturated rings. The Morgan fingerprint density at radius 2 is 1.83 bits per heavy atom. The van der Waals surface area contributed by atoms with Gasteiger partial charge in [-0.15, -0.1) is 11.3 Å². The molecule has 1 aliphatic rings. The predicted molar refractivity (Wildman–Crippen MR) is 97.3 cm³/mol. The van der Waals surface area contributed by atoms with Crippen molar-refractivity contribution in [3.8, 4) is 0 Å². The highest BCUT2D eigenvalue weighted by atomic mass is 32.1. The van der Waals surface area contributed by atoms with Crippen molar-refractivity contribution in [2.24, 2.45) is 5.73 Å². The van der Waals surface area contributed by atoms with Crippen molar-refractivity contribution in [3.05, 3.63) is 45.9 Å². The van der Waals surface area contributed by atoms with E-state index in [1.807, 2.05) is 24.3 Å². The molecule has 1 heterocycles. The van der Waals surface area contributed by atoms with Crippen LogP contribution in [-0.2, 0) is 16.8 Å². The lowest BCUT2D eigenvalue weighted by Crippen LogP contribution is -2.11. The van der Waals surface area contributed by atoms with Crippen LogP contribution in [0.2, 0.25) is 0 Å². The third kappa shape index (κ3) is 5.54. The maximum absolute atomic E-state index is 12.1. The number of nitrogens with two attached hydrogens (primary N) is 1. The zero-order valence-corrected chi connectivity index (χ0v) is 15.1. The number of rotatable bonds is 3. The van der Waals surface area contributed by atoms with E-state index in [-0.39, 0.29) is 11.3 Å². The topological polar surface area (TPSA) is 85.1 Å². The van der Waals surface area contributed by atoms with Crippen LogP contribution in [0.1, 0.15) is 53.9 Å². The van der Waals surface area contributed by atoms with E-state index >= 15 is 0 Å². The van der Waals surface area contributed by atoms with Crippen LogP contribution in [0, 0.1) is 0 Å². The van der Waals surface area contributed by atoms with E-state index in [0.29, 0.717) is 17.2 Å². The summed E-state index contributed by atoms with van der Waals surface area (Å²) in [5.41, 5.74) is 7.31. The lowest BCUT2D eigenvalue weighted by molar-refractivity contribution is -0.109. The molecule has 3 rings (SSSR count). The summed E-state index contributed by atoms with van der Waals surface area (Å²) in [5.74, 6) is 0.290. The van der Waals surface area contributed by atoms with Gasteiger partial charge in [-0.1, -0.05) is 32.9 Å². The van der Waals surface area contributed by atoms with E-state index in [0.717, 1.165) is 29.1 Å². The van der Waals surface area contributed by atoms with Gasteiger partial charge in [0.15, 0.2) is 0 Å². The maximum atomic E-state index is 12.1. The highest BCUT2D eigenvalue weighted by Gasteiger charge is 2.20. The van der Waals surface area contributed by atoms with Crippen molar-refractivity contribution >= 4 is 28.7 Å². The zero-order chi connectivity index (χ0) is 17.7. The summed E-state index contributed by atoms with van der Waals surface area (Å²) in [7, 11) is 0. The predicted octanol–water partition coefficient (Wildman–Crippen LogP) is 3.50. The molecule has 128 valence electrons. The SMILES string of the molecule is CC(C)(C)c1ncc(C(=O)Nc2ccc(CN)cc2)s1.O=C1CC1. The molecule has 0 spiro atoms. The Labute approximate surface area is 146 Å². The summed E-state index contributed by atoms with van der Waals surface area (Å²) in [5, 5.41) is 3.82. The molecule has 6 heteroatoms. The molecular weight excluding hydrogens is 322 g/mol. The maximum Gasteiger partial charge on any atom is 0.267 e.